The lowest BCUT2D eigenvalue weighted by Crippen LogP contribution is -2.41. The van der Waals surface area contributed by atoms with Gasteiger partial charge in [0.1, 0.15) is 0 Å². The highest BCUT2D eigenvalue weighted by atomic mass is 127. The summed E-state index contributed by atoms with van der Waals surface area (Å²) in [7, 11) is 1.42. The molecule has 0 aliphatic carbocycles. The summed E-state index contributed by atoms with van der Waals surface area (Å²) in [4.78, 5) is 30.5. The summed E-state index contributed by atoms with van der Waals surface area (Å²) in [5.74, 6) is 0.594. The van der Waals surface area contributed by atoms with Crippen LogP contribution >= 0.6 is 24.0 Å². The van der Waals surface area contributed by atoms with Crippen molar-refractivity contribution in [1.82, 2.24) is 15.5 Å². The number of hydrogen-bond acceptors (Lipinski definition) is 4. The topological polar surface area (TPSA) is 83.0 Å². The largest absolute Gasteiger partial charge is 0.469 e. The molecule has 2 atom stereocenters. The maximum Gasteiger partial charge on any atom is 0.310 e. The monoisotopic (exact) mass is 502 g/mol. The van der Waals surface area contributed by atoms with E-state index in [9.17, 15) is 9.59 Å². The van der Waals surface area contributed by atoms with Crippen molar-refractivity contribution in [2.45, 2.75) is 26.8 Å². The number of rotatable bonds is 7. The van der Waals surface area contributed by atoms with Crippen LogP contribution in [0.1, 0.15) is 25.8 Å². The fraction of sp³-hybridized carbons (Fsp3) is 0.550. The molecular formula is C20H31IN4O3. The SMILES string of the molecule is CCNC(=NCCC(=O)NCc1ccccc1)N1CC(C)C(C(=O)OC)C1.I. The van der Waals surface area contributed by atoms with Gasteiger partial charge in [-0.05, 0) is 18.4 Å². The van der Waals surface area contributed by atoms with Gasteiger partial charge in [-0.2, -0.15) is 0 Å². The van der Waals surface area contributed by atoms with Crippen LogP contribution in [0.25, 0.3) is 0 Å². The summed E-state index contributed by atoms with van der Waals surface area (Å²) in [5, 5.41) is 6.15. The molecule has 7 nitrogen and oxygen atoms in total. The number of likely N-dealkylation sites (tertiary alicyclic amines) is 1. The van der Waals surface area contributed by atoms with Gasteiger partial charge in [0.2, 0.25) is 5.91 Å². The minimum Gasteiger partial charge on any atom is -0.469 e. The zero-order chi connectivity index (χ0) is 19.6. The minimum absolute atomic E-state index is 0. The number of halogens is 1. The molecule has 28 heavy (non-hydrogen) atoms. The molecule has 1 fully saturated rings. The number of methoxy groups -OCH3 is 1. The highest BCUT2D eigenvalue weighted by Gasteiger charge is 2.36. The molecule has 0 spiro atoms. The average Bonchev–Trinajstić information content (AvgIpc) is 3.07. The van der Waals surface area contributed by atoms with Crippen molar-refractivity contribution in [2.24, 2.45) is 16.8 Å². The Balaban J connectivity index is 0.00000392. The second-order valence-corrected chi connectivity index (χ2v) is 6.76. The molecule has 1 aromatic carbocycles. The van der Waals surface area contributed by atoms with Crippen LogP contribution in [0.5, 0.6) is 0 Å². The number of carbonyl (C=O) groups is 2. The van der Waals surface area contributed by atoms with Gasteiger partial charge < -0.3 is 20.3 Å². The number of carbonyl (C=O) groups excluding carboxylic acids is 2. The fourth-order valence-electron chi connectivity index (χ4n) is 3.17. The number of aliphatic imine (C=N–C) groups is 1. The lowest BCUT2D eigenvalue weighted by Gasteiger charge is -2.21. The van der Waals surface area contributed by atoms with Crippen molar-refractivity contribution < 1.29 is 14.3 Å². The van der Waals surface area contributed by atoms with Crippen LogP contribution in [0.15, 0.2) is 35.3 Å². The van der Waals surface area contributed by atoms with Crippen molar-refractivity contribution >= 4 is 41.8 Å². The van der Waals surface area contributed by atoms with E-state index in [2.05, 4.69) is 20.5 Å². The number of hydrogen-bond donors (Lipinski definition) is 2. The van der Waals surface area contributed by atoms with Crippen LogP contribution in [-0.4, -0.2) is 56.0 Å². The molecule has 156 valence electrons. The van der Waals surface area contributed by atoms with Gasteiger partial charge in [-0.3, -0.25) is 14.6 Å². The summed E-state index contributed by atoms with van der Waals surface area (Å²) in [6, 6.07) is 9.81. The first-order valence-electron chi connectivity index (χ1n) is 9.46. The third-order valence-corrected chi connectivity index (χ3v) is 4.68. The molecular weight excluding hydrogens is 471 g/mol. The van der Waals surface area contributed by atoms with E-state index in [4.69, 9.17) is 4.74 Å². The summed E-state index contributed by atoms with van der Waals surface area (Å²) >= 11 is 0. The number of nitrogens with zero attached hydrogens (tertiary/aromatic N) is 2. The third kappa shape index (κ3) is 7.29. The zero-order valence-electron chi connectivity index (χ0n) is 16.8. The first kappa shape index (κ1) is 24.2. The molecule has 1 heterocycles. The van der Waals surface area contributed by atoms with Gasteiger partial charge in [0, 0.05) is 32.6 Å². The molecule has 1 aliphatic heterocycles. The molecule has 0 aromatic heterocycles. The molecule has 0 saturated carbocycles. The van der Waals surface area contributed by atoms with Gasteiger partial charge in [0.25, 0.3) is 0 Å². The van der Waals surface area contributed by atoms with E-state index in [1.165, 1.54) is 7.11 Å². The predicted octanol–water partition coefficient (Wildman–Crippen LogP) is 2.02. The average molecular weight is 502 g/mol. The second kappa shape index (κ2) is 12.6. The maximum atomic E-state index is 12.0. The molecule has 2 unspecified atom stereocenters. The summed E-state index contributed by atoms with van der Waals surface area (Å²) in [6.07, 6.45) is 0.325. The molecule has 1 amide bonds. The van der Waals surface area contributed by atoms with Gasteiger partial charge in [-0.1, -0.05) is 37.3 Å². The van der Waals surface area contributed by atoms with Crippen LogP contribution in [0.4, 0.5) is 0 Å². The van der Waals surface area contributed by atoms with E-state index >= 15 is 0 Å². The maximum absolute atomic E-state index is 12.0. The molecule has 0 bridgehead atoms. The van der Waals surface area contributed by atoms with Crippen molar-refractivity contribution in [3.05, 3.63) is 35.9 Å². The van der Waals surface area contributed by atoms with Crippen molar-refractivity contribution in [1.29, 1.82) is 0 Å². The summed E-state index contributed by atoms with van der Waals surface area (Å²) < 4.78 is 4.89. The first-order chi connectivity index (χ1) is 13.0. The van der Waals surface area contributed by atoms with Crippen molar-refractivity contribution in [2.75, 3.05) is 33.3 Å². The summed E-state index contributed by atoms with van der Waals surface area (Å²) in [5.41, 5.74) is 1.07. The number of esters is 1. The van der Waals surface area contributed by atoms with Crippen LogP contribution in [-0.2, 0) is 20.9 Å². The lowest BCUT2D eigenvalue weighted by molar-refractivity contribution is -0.146. The predicted molar refractivity (Wildman–Crippen MR) is 121 cm³/mol. The normalized spacial score (nSPS) is 19.0. The number of guanidine groups is 1. The van der Waals surface area contributed by atoms with Gasteiger partial charge in [0.15, 0.2) is 5.96 Å². The third-order valence-electron chi connectivity index (χ3n) is 4.68. The van der Waals surface area contributed by atoms with Crippen molar-refractivity contribution in [3.8, 4) is 0 Å². The molecule has 1 aromatic rings. The number of amides is 1. The Bertz CT molecular complexity index is 654. The Kier molecular flexibility index (Phi) is 10.9. The van der Waals surface area contributed by atoms with E-state index in [0.29, 0.717) is 26.1 Å². The van der Waals surface area contributed by atoms with E-state index < -0.39 is 0 Å². The van der Waals surface area contributed by atoms with Gasteiger partial charge in [-0.15, -0.1) is 24.0 Å². The van der Waals surface area contributed by atoms with Gasteiger partial charge in [-0.25, -0.2) is 0 Å². The molecule has 2 N–H and O–H groups in total. The first-order valence-corrected chi connectivity index (χ1v) is 9.46. The van der Waals surface area contributed by atoms with E-state index in [-0.39, 0.29) is 47.7 Å². The fourth-order valence-corrected chi connectivity index (χ4v) is 3.17. The van der Waals surface area contributed by atoms with E-state index in [1.54, 1.807) is 0 Å². The molecule has 1 saturated heterocycles. The van der Waals surface area contributed by atoms with E-state index in [0.717, 1.165) is 24.6 Å². The van der Waals surface area contributed by atoms with Crippen LogP contribution < -0.4 is 10.6 Å². The Morgan fingerprint density at radius 2 is 1.93 bits per heavy atom. The Morgan fingerprint density at radius 3 is 2.57 bits per heavy atom. The van der Waals surface area contributed by atoms with E-state index in [1.807, 2.05) is 44.2 Å². The highest BCUT2D eigenvalue weighted by molar-refractivity contribution is 14.0. The molecule has 2 rings (SSSR count). The minimum atomic E-state index is -0.180. The van der Waals surface area contributed by atoms with Gasteiger partial charge in [0.05, 0.1) is 19.6 Å². The second-order valence-electron chi connectivity index (χ2n) is 6.76. The van der Waals surface area contributed by atoms with Gasteiger partial charge >= 0.3 is 5.97 Å². The Hall–Kier alpha value is -1.84. The summed E-state index contributed by atoms with van der Waals surface area (Å²) in [6.45, 7) is 7.02. The Morgan fingerprint density at radius 1 is 1.21 bits per heavy atom. The molecule has 8 heteroatoms. The molecule has 0 radical (unpaired) electrons. The van der Waals surface area contributed by atoms with Crippen LogP contribution in [0, 0.1) is 11.8 Å². The smallest absolute Gasteiger partial charge is 0.310 e. The number of benzene rings is 1. The quantitative estimate of drug-likeness (QED) is 0.258. The zero-order valence-corrected chi connectivity index (χ0v) is 19.1. The standard InChI is InChI=1S/C20H30N4O3.HI/c1-4-21-20(24-13-15(2)17(14-24)19(26)27-3)22-11-10-18(25)23-12-16-8-6-5-7-9-16;/h5-9,15,17H,4,10-14H2,1-3H3,(H,21,22)(H,23,25);1H. The lowest BCUT2D eigenvalue weighted by atomic mass is 9.99. The Labute approximate surface area is 184 Å². The van der Waals surface area contributed by atoms with Crippen LogP contribution in [0.2, 0.25) is 0 Å². The molecule has 1 aliphatic rings. The van der Waals surface area contributed by atoms with Crippen molar-refractivity contribution in [3.63, 3.8) is 0 Å². The number of nitrogens with one attached hydrogen (secondary N) is 2. The van der Waals surface area contributed by atoms with Crippen LogP contribution in [0.3, 0.4) is 0 Å². The number of ether oxygens (including phenoxy) is 1. The highest BCUT2D eigenvalue weighted by Crippen LogP contribution is 2.24.